The maximum Gasteiger partial charge on any atom is 0.178 e. The average Bonchev–Trinajstić information content (AvgIpc) is 2.31. The van der Waals surface area contributed by atoms with Crippen molar-refractivity contribution in [2.45, 2.75) is 17.7 Å². The Morgan fingerprint density at radius 2 is 2.06 bits per heavy atom. The minimum atomic E-state index is -3.27. The van der Waals surface area contributed by atoms with Gasteiger partial charge in [-0.15, -0.1) is 0 Å². The molecule has 0 aliphatic carbocycles. The normalized spacial score (nSPS) is 13.1. The summed E-state index contributed by atoms with van der Waals surface area (Å²) in [6.45, 7) is 1.60. The predicted octanol–water partition coefficient (Wildman–Crippen LogP) is 2.48. The number of alkyl halides is 1. The van der Waals surface area contributed by atoms with Crippen LogP contribution in [0.15, 0.2) is 29.2 Å². The van der Waals surface area contributed by atoms with Crippen LogP contribution in [0.5, 0.6) is 0 Å². The van der Waals surface area contributed by atoms with Gasteiger partial charge >= 0.3 is 0 Å². The Morgan fingerprint density at radius 3 is 2.56 bits per heavy atom. The van der Waals surface area contributed by atoms with Crippen LogP contribution in [0.4, 0.5) is 0 Å². The molecule has 0 saturated carbocycles. The molecule has 86 valence electrons. The summed E-state index contributed by atoms with van der Waals surface area (Å²) in [5.41, 5.74) is 0.573. The van der Waals surface area contributed by atoms with Crippen LogP contribution >= 0.6 is 15.9 Å². The van der Waals surface area contributed by atoms with E-state index < -0.39 is 15.8 Å². The highest BCUT2D eigenvalue weighted by Crippen LogP contribution is 2.25. The van der Waals surface area contributed by atoms with E-state index in [1.54, 1.807) is 31.2 Å². The Bertz CT molecular complexity index is 505. The summed E-state index contributed by atoms with van der Waals surface area (Å²) in [5, 5.41) is 9.40. The van der Waals surface area contributed by atoms with E-state index in [1.807, 2.05) is 0 Å². The third kappa shape index (κ3) is 2.63. The lowest BCUT2D eigenvalue weighted by molar-refractivity contribution is 0.596. The van der Waals surface area contributed by atoms with E-state index in [1.165, 1.54) is 0 Å². The van der Waals surface area contributed by atoms with Crippen molar-refractivity contribution in [3.63, 3.8) is 0 Å². The van der Waals surface area contributed by atoms with Crippen LogP contribution in [-0.4, -0.2) is 19.5 Å². The van der Waals surface area contributed by atoms with Crippen LogP contribution in [0, 0.1) is 11.3 Å². The van der Waals surface area contributed by atoms with Gasteiger partial charge in [0, 0.05) is 5.33 Å². The quantitative estimate of drug-likeness (QED) is 0.803. The molecule has 1 aromatic carbocycles. The number of hydrogen-bond donors (Lipinski definition) is 0. The highest BCUT2D eigenvalue weighted by atomic mass is 79.9. The molecule has 0 fully saturated rings. The highest BCUT2D eigenvalue weighted by Gasteiger charge is 2.21. The third-order valence-corrected chi connectivity index (χ3v) is 4.77. The Balaban J connectivity index is 3.38. The van der Waals surface area contributed by atoms with Crippen molar-refractivity contribution in [2.24, 2.45) is 0 Å². The van der Waals surface area contributed by atoms with Gasteiger partial charge < -0.3 is 0 Å². The van der Waals surface area contributed by atoms with E-state index in [2.05, 4.69) is 22.0 Å². The zero-order valence-corrected chi connectivity index (χ0v) is 11.3. The van der Waals surface area contributed by atoms with Crippen molar-refractivity contribution in [1.82, 2.24) is 0 Å². The third-order valence-electron chi connectivity index (χ3n) is 2.32. The molecule has 0 spiro atoms. The van der Waals surface area contributed by atoms with Crippen molar-refractivity contribution in [3.8, 4) is 6.07 Å². The molecule has 1 atom stereocenters. The zero-order valence-electron chi connectivity index (χ0n) is 8.85. The Labute approximate surface area is 104 Å². The van der Waals surface area contributed by atoms with Crippen LogP contribution < -0.4 is 0 Å². The first-order valence-electron chi connectivity index (χ1n) is 4.84. The molecule has 1 aromatic rings. The fraction of sp³-hybridized carbons (Fsp3) is 0.364. The lowest BCUT2D eigenvalue weighted by atomic mass is 10.0. The van der Waals surface area contributed by atoms with Crippen molar-refractivity contribution in [1.29, 1.82) is 5.26 Å². The Hall–Kier alpha value is -0.860. The van der Waals surface area contributed by atoms with Gasteiger partial charge in [-0.05, 0) is 11.6 Å². The molecule has 3 nitrogen and oxygen atoms in total. The molecule has 0 N–H and O–H groups in total. The van der Waals surface area contributed by atoms with E-state index in [0.717, 1.165) is 0 Å². The number of nitriles is 1. The Morgan fingerprint density at radius 1 is 1.44 bits per heavy atom. The van der Waals surface area contributed by atoms with Crippen molar-refractivity contribution in [2.75, 3.05) is 11.1 Å². The number of nitrogens with zero attached hydrogens (tertiary/aromatic N) is 1. The fourth-order valence-electron chi connectivity index (χ4n) is 1.39. The minimum absolute atomic E-state index is 0.0461. The topological polar surface area (TPSA) is 57.9 Å². The molecular formula is C11H12BrNO2S. The molecule has 0 bridgehead atoms. The first-order valence-corrected chi connectivity index (χ1v) is 7.61. The molecular weight excluding hydrogens is 290 g/mol. The van der Waals surface area contributed by atoms with Crippen LogP contribution in [-0.2, 0) is 9.84 Å². The second kappa shape index (κ2) is 5.46. The van der Waals surface area contributed by atoms with E-state index in [-0.39, 0.29) is 10.6 Å². The average molecular weight is 302 g/mol. The monoisotopic (exact) mass is 301 g/mol. The van der Waals surface area contributed by atoms with Crippen LogP contribution in [0.2, 0.25) is 0 Å². The summed E-state index contributed by atoms with van der Waals surface area (Å²) in [5.74, 6) is -0.387. The van der Waals surface area contributed by atoms with Gasteiger partial charge in [-0.25, -0.2) is 8.42 Å². The van der Waals surface area contributed by atoms with Crippen molar-refractivity contribution >= 4 is 25.8 Å². The number of halogens is 1. The van der Waals surface area contributed by atoms with E-state index in [4.69, 9.17) is 5.26 Å². The maximum absolute atomic E-state index is 11.8. The largest absolute Gasteiger partial charge is 0.224 e. The molecule has 0 aromatic heterocycles. The molecule has 0 heterocycles. The molecule has 0 radical (unpaired) electrons. The van der Waals surface area contributed by atoms with Gasteiger partial charge in [0.05, 0.1) is 22.6 Å². The summed E-state index contributed by atoms with van der Waals surface area (Å²) in [6, 6.07) is 8.76. The first-order chi connectivity index (χ1) is 7.56. The zero-order chi connectivity index (χ0) is 12.2. The predicted molar refractivity (Wildman–Crippen MR) is 66.3 cm³/mol. The SMILES string of the molecule is CCS(=O)(=O)c1ccccc1C(C#N)CBr. The van der Waals surface area contributed by atoms with Gasteiger partial charge in [-0.3, -0.25) is 0 Å². The molecule has 0 amide bonds. The lowest BCUT2D eigenvalue weighted by Gasteiger charge is -2.11. The second-order valence-corrected chi connectivity index (χ2v) is 6.17. The molecule has 0 aliphatic heterocycles. The number of benzene rings is 1. The molecule has 1 rings (SSSR count). The minimum Gasteiger partial charge on any atom is -0.224 e. The van der Waals surface area contributed by atoms with E-state index in [0.29, 0.717) is 10.9 Å². The molecule has 16 heavy (non-hydrogen) atoms. The van der Waals surface area contributed by atoms with Gasteiger partial charge in [-0.1, -0.05) is 41.1 Å². The van der Waals surface area contributed by atoms with Gasteiger partial charge in [-0.2, -0.15) is 5.26 Å². The number of hydrogen-bond acceptors (Lipinski definition) is 3. The van der Waals surface area contributed by atoms with Crippen LogP contribution in [0.25, 0.3) is 0 Å². The van der Waals surface area contributed by atoms with Crippen LogP contribution in [0.3, 0.4) is 0 Å². The molecule has 5 heteroatoms. The van der Waals surface area contributed by atoms with Crippen LogP contribution in [0.1, 0.15) is 18.4 Å². The van der Waals surface area contributed by atoms with E-state index >= 15 is 0 Å². The van der Waals surface area contributed by atoms with Gasteiger partial charge in [0.1, 0.15) is 0 Å². The summed E-state index contributed by atoms with van der Waals surface area (Å²) >= 11 is 3.22. The fourth-order valence-corrected chi connectivity index (χ4v) is 3.05. The van der Waals surface area contributed by atoms with Gasteiger partial charge in [0.25, 0.3) is 0 Å². The highest BCUT2D eigenvalue weighted by molar-refractivity contribution is 9.09. The van der Waals surface area contributed by atoms with Gasteiger partial charge in [0.15, 0.2) is 9.84 Å². The standard InChI is InChI=1S/C11H12BrNO2S/c1-2-16(14,15)11-6-4-3-5-10(11)9(7-12)8-13/h3-6,9H,2,7H2,1H3. The summed E-state index contributed by atoms with van der Waals surface area (Å²) in [4.78, 5) is 0.267. The number of rotatable bonds is 4. The summed E-state index contributed by atoms with van der Waals surface area (Å²) in [6.07, 6.45) is 0. The molecule has 0 aliphatic rings. The summed E-state index contributed by atoms with van der Waals surface area (Å²) in [7, 11) is -3.27. The number of sulfone groups is 1. The van der Waals surface area contributed by atoms with Crippen molar-refractivity contribution in [3.05, 3.63) is 29.8 Å². The smallest absolute Gasteiger partial charge is 0.178 e. The molecule has 0 saturated heterocycles. The lowest BCUT2D eigenvalue weighted by Crippen LogP contribution is -2.10. The molecule has 1 unspecified atom stereocenters. The van der Waals surface area contributed by atoms with Gasteiger partial charge in [0.2, 0.25) is 0 Å². The first kappa shape index (κ1) is 13.2. The van der Waals surface area contributed by atoms with Crippen molar-refractivity contribution < 1.29 is 8.42 Å². The maximum atomic E-state index is 11.8. The van der Waals surface area contributed by atoms with E-state index in [9.17, 15) is 8.42 Å². The second-order valence-electron chi connectivity index (χ2n) is 3.28. The summed E-state index contributed by atoms with van der Waals surface area (Å²) < 4.78 is 23.7. The Kier molecular flexibility index (Phi) is 4.51.